The van der Waals surface area contributed by atoms with Crippen molar-refractivity contribution in [1.82, 2.24) is 5.32 Å². The van der Waals surface area contributed by atoms with Crippen LogP contribution in [0.1, 0.15) is 18.9 Å². The quantitative estimate of drug-likeness (QED) is 0.808. The number of halogens is 2. The summed E-state index contributed by atoms with van der Waals surface area (Å²) >= 11 is 0. The van der Waals surface area contributed by atoms with E-state index in [4.69, 9.17) is 4.74 Å². The molecule has 2 aromatic carbocycles. The zero-order valence-electron chi connectivity index (χ0n) is 12.2. The van der Waals surface area contributed by atoms with Crippen LogP contribution in [0.2, 0.25) is 0 Å². The van der Waals surface area contributed by atoms with Crippen LogP contribution in [0, 0.1) is 11.6 Å². The molecule has 0 bridgehead atoms. The third kappa shape index (κ3) is 3.58. The third-order valence-electron chi connectivity index (χ3n) is 3.29. The van der Waals surface area contributed by atoms with Crippen LogP contribution in [0.25, 0.3) is 11.1 Å². The first-order valence-corrected chi connectivity index (χ1v) is 6.99. The second kappa shape index (κ2) is 7.18. The monoisotopic (exact) mass is 291 g/mol. The summed E-state index contributed by atoms with van der Waals surface area (Å²) in [6.07, 6.45) is 0.993. The van der Waals surface area contributed by atoms with Crippen molar-refractivity contribution in [2.24, 2.45) is 0 Å². The molecule has 0 aliphatic carbocycles. The highest BCUT2D eigenvalue weighted by molar-refractivity contribution is 5.69. The second-order valence-electron chi connectivity index (χ2n) is 4.80. The van der Waals surface area contributed by atoms with Crippen LogP contribution in [-0.2, 0) is 6.54 Å². The number of benzene rings is 2. The van der Waals surface area contributed by atoms with Crippen LogP contribution in [0.15, 0.2) is 36.4 Å². The molecule has 0 fully saturated rings. The van der Waals surface area contributed by atoms with Gasteiger partial charge in [0.25, 0.3) is 0 Å². The van der Waals surface area contributed by atoms with Gasteiger partial charge in [0.05, 0.1) is 12.7 Å². The fraction of sp³-hybridized carbons (Fsp3) is 0.294. The standard InChI is InChI=1S/C17H19F2NO/c1-3-9-20-11-12-10-13(21-2)7-8-14(12)17-15(18)5-4-6-16(17)19/h4-8,10,20H,3,9,11H2,1-2H3. The molecule has 1 N–H and O–H groups in total. The second-order valence-corrected chi connectivity index (χ2v) is 4.80. The molecule has 0 aliphatic rings. The van der Waals surface area contributed by atoms with Gasteiger partial charge in [-0.2, -0.15) is 0 Å². The van der Waals surface area contributed by atoms with E-state index in [-0.39, 0.29) is 5.56 Å². The number of hydrogen-bond donors (Lipinski definition) is 1. The SMILES string of the molecule is CCCNCc1cc(OC)ccc1-c1c(F)cccc1F. The summed E-state index contributed by atoms with van der Waals surface area (Å²) in [6.45, 7) is 3.45. The average Bonchev–Trinajstić information content (AvgIpc) is 2.48. The van der Waals surface area contributed by atoms with Gasteiger partial charge >= 0.3 is 0 Å². The minimum Gasteiger partial charge on any atom is -0.497 e. The fourth-order valence-corrected chi connectivity index (χ4v) is 2.24. The number of methoxy groups -OCH3 is 1. The Bertz CT molecular complexity index is 593. The third-order valence-corrected chi connectivity index (χ3v) is 3.29. The maximum absolute atomic E-state index is 14.0. The van der Waals surface area contributed by atoms with E-state index in [1.165, 1.54) is 18.2 Å². The summed E-state index contributed by atoms with van der Waals surface area (Å²) in [4.78, 5) is 0. The van der Waals surface area contributed by atoms with E-state index in [1.54, 1.807) is 19.2 Å². The lowest BCUT2D eigenvalue weighted by molar-refractivity contribution is 0.414. The molecule has 0 atom stereocenters. The van der Waals surface area contributed by atoms with Gasteiger partial charge in [0.15, 0.2) is 0 Å². The molecule has 0 saturated carbocycles. The van der Waals surface area contributed by atoms with Gasteiger partial charge in [-0.15, -0.1) is 0 Å². The molecule has 0 unspecified atom stereocenters. The Morgan fingerprint density at radius 3 is 2.43 bits per heavy atom. The molecule has 0 aromatic heterocycles. The van der Waals surface area contributed by atoms with Crippen molar-refractivity contribution < 1.29 is 13.5 Å². The number of rotatable bonds is 6. The normalized spacial score (nSPS) is 10.7. The molecule has 0 heterocycles. The Hall–Kier alpha value is -1.94. The minimum atomic E-state index is -0.558. The van der Waals surface area contributed by atoms with Crippen molar-refractivity contribution in [1.29, 1.82) is 0 Å². The average molecular weight is 291 g/mol. The summed E-state index contributed by atoms with van der Waals surface area (Å²) < 4.78 is 33.2. The molecule has 112 valence electrons. The molecule has 2 rings (SSSR count). The van der Waals surface area contributed by atoms with Crippen molar-refractivity contribution >= 4 is 0 Å². The van der Waals surface area contributed by atoms with Crippen molar-refractivity contribution in [3.05, 3.63) is 53.6 Å². The zero-order valence-corrected chi connectivity index (χ0v) is 12.2. The Kier molecular flexibility index (Phi) is 5.28. The lowest BCUT2D eigenvalue weighted by atomic mass is 9.98. The van der Waals surface area contributed by atoms with E-state index < -0.39 is 11.6 Å². The highest BCUT2D eigenvalue weighted by Crippen LogP contribution is 2.31. The van der Waals surface area contributed by atoms with Crippen molar-refractivity contribution in [2.75, 3.05) is 13.7 Å². The lowest BCUT2D eigenvalue weighted by Gasteiger charge is -2.14. The van der Waals surface area contributed by atoms with E-state index in [9.17, 15) is 8.78 Å². The maximum Gasteiger partial charge on any atom is 0.133 e. The first-order valence-electron chi connectivity index (χ1n) is 6.99. The molecule has 2 aromatic rings. The maximum atomic E-state index is 14.0. The molecule has 0 amide bonds. The molecule has 0 radical (unpaired) electrons. The molecule has 0 aliphatic heterocycles. The van der Waals surface area contributed by atoms with E-state index >= 15 is 0 Å². The summed E-state index contributed by atoms with van der Waals surface area (Å²) in [5.41, 5.74) is 1.37. The molecule has 0 spiro atoms. The first-order chi connectivity index (χ1) is 10.2. The van der Waals surface area contributed by atoms with Gasteiger partial charge in [0.2, 0.25) is 0 Å². The van der Waals surface area contributed by atoms with E-state index in [0.29, 0.717) is 17.9 Å². The predicted molar refractivity (Wildman–Crippen MR) is 80.3 cm³/mol. The molecule has 2 nitrogen and oxygen atoms in total. The number of nitrogens with one attached hydrogen (secondary N) is 1. The van der Waals surface area contributed by atoms with E-state index in [2.05, 4.69) is 12.2 Å². The van der Waals surface area contributed by atoms with Crippen molar-refractivity contribution in [3.63, 3.8) is 0 Å². The molecule has 4 heteroatoms. The summed E-state index contributed by atoms with van der Waals surface area (Å²) in [5, 5.41) is 3.25. The Morgan fingerprint density at radius 1 is 1.10 bits per heavy atom. The van der Waals surface area contributed by atoms with Crippen LogP contribution in [0.4, 0.5) is 8.78 Å². The zero-order chi connectivity index (χ0) is 15.2. The lowest BCUT2D eigenvalue weighted by Crippen LogP contribution is -2.14. The Morgan fingerprint density at radius 2 is 1.81 bits per heavy atom. The highest BCUT2D eigenvalue weighted by atomic mass is 19.1. The van der Waals surface area contributed by atoms with Gasteiger partial charge in [-0.3, -0.25) is 0 Å². The Labute approximate surface area is 123 Å². The van der Waals surface area contributed by atoms with E-state index in [1.807, 2.05) is 6.07 Å². The van der Waals surface area contributed by atoms with Gasteiger partial charge in [-0.25, -0.2) is 8.78 Å². The minimum absolute atomic E-state index is 0.00783. The van der Waals surface area contributed by atoms with Crippen LogP contribution in [0.5, 0.6) is 5.75 Å². The van der Waals surface area contributed by atoms with Crippen LogP contribution in [0.3, 0.4) is 0 Å². The van der Waals surface area contributed by atoms with Crippen molar-refractivity contribution in [3.8, 4) is 16.9 Å². The predicted octanol–water partition coefficient (Wildman–Crippen LogP) is 4.14. The molecular formula is C17H19F2NO. The smallest absolute Gasteiger partial charge is 0.133 e. The van der Waals surface area contributed by atoms with Gasteiger partial charge in [0, 0.05) is 6.54 Å². The number of hydrogen-bond acceptors (Lipinski definition) is 2. The topological polar surface area (TPSA) is 21.3 Å². The summed E-state index contributed by atoms with van der Waals surface area (Å²) in [6, 6.07) is 9.13. The van der Waals surface area contributed by atoms with Crippen LogP contribution < -0.4 is 10.1 Å². The molecule has 21 heavy (non-hydrogen) atoms. The summed E-state index contributed by atoms with van der Waals surface area (Å²) in [7, 11) is 1.57. The van der Waals surface area contributed by atoms with Gasteiger partial charge in [0.1, 0.15) is 17.4 Å². The summed E-state index contributed by atoms with van der Waals surface area (Å²) in [5.74, 6) is -0.447. The highest BCUT2D eigenvalue weighted by Gasteiger charge is 2.15. The van der Waals surface area contributed by atoms with E-state index in [0.717, 1.165) is 18.5 Å². The Balaban J connectivity index is 2.46. The fourth-order valence-electron chi connectivity index (χ4n) is 2.24. The van der Waals surface area contributed by atoms with Gasteiger partial charge in [-0.1, -0.05) is 19.1 Å². The largest absolute Gasteiger partial charge is 0.497 e. The van der Waals surface area contributed by atoms with Gasteiger partial charge < -0.3 is 10.1 Å². The first kappa shape index (κ1) is 15.4. The van der Waals surface area contributed by atoms with Gasteiger partial charge in [-0.05, 0) is 48.4 Å². The van der Waals surface area contributed by atoms with Crippen molar-refractivity contribution in [2.45, 2.75) is 19.9 Å². The number of ether oxygens (including phenoxy) is 1. The molecule has 0 saturated heterocycles. The van der Waals surface area contributed by atoms with Crippen LogP contribution >= 0.6 is 0 Å². The van der Waals surface area contributed by atoms with Crippen LogP contribution in [-0.4, -0.2) is 13.7 Å². The molecular weight excluding hydrogens is 272 g/mol.